The number of imidazole rings is 1. The van der Waals surface area contributed by atoms with Gasteiger partial charge in [0, 0.05) is 42.4 Å². The van der Waals surface area contributed by atoms with Crippen molar-refractivity contribution in [2.75, 3.05) is 26.2 Å². The van der Waals surface area contributed by atoms with E-state index in [2.05, 4.69) is 36.9 Å². The zero-order chi connectivity index (χ0) is 23.5. The Kier molecular flexibility index (Phi) is 6.43. The Morgan fingerprint density at radius 2 is 1.76 bits per heavy atom. The van der Waals surface area contributed by atoms with Crippen LogP contribution in [0.25, 0.3) is 10.8 Å². The van der Waals surface area contributed by atoms with Gasteiger partial charge in [-0.25, -0.2) is 4.98 Å². The number of fused-ring (bicyclic) bond motifs is 1. The number of nitrogens with zero attached hydrogens (tertiary/aromatic N) is 4. The molecule has 6 nitrogen and oxygen atoms in total. The monoisotopic (exact) mass is 513 g/mol. The summed E-state index contributed by atoms with van der Waals surface area (Å²) in [6.07, 6.45) is 4.39. The van der Waals surface area contributed by atoms with E-state index >= 15 is 0 Å². The first kappa shape index (κ1) is 22.3. The number of carbonyl (C=O) groups is 1. The largest absolute Gasteiger partial charge is 0.347 e. The predicted octanol–water partition coefficient (Wildman–Crippen LogP) is 4.94. The summed E-state index contributed by atoms with van der Waals surface area (Å²) in [7, 11) is 0. The number of nitrogens with one attached hydrogen (secondary N) is 1. The van der Waals surface area contributed by atoms with Crippen LogP contribution in [0.1, 0.15) is 33.2 Å². The molecule has 0 aliphatic carbocycles. The number of piperazine rings is 1. The molecule has 170 valence electrons. The molecule has 1 unspecified atom stereocenters. The molecule has 0 saturated carbocycles. The highest BCUT2D eigenvalue weighted by molar-refractivity contribution is 9.10. The SMILES string of the molecule is N#Cc1ccc(CC(c2cnc[nH]2)N2CCN(C(=O)c3cccc4c(Br)cccc34)CC2)cc1. The third-order valence-electron chi connectivity index (χ3n) is 6.53. The van der Waals surface area contributed by atoms with Crippen molar-refractivity contribution in [3.05, 3.63) is 100 Å². The molecule has 1 aliphatic rings. The molecule has 2 heterocycles. The molecule has 0 bridgehead atoms. The van der Waals surface area contributed by atoms with E-state index in [1.54, 1.807) is 6.33 Å². The van der Waals surface area contributed by atoms with Crippen molar-refractivity contribution in [3.63, 3.8) is 0 Å². The minimum Gasteiger partial charge on any atom is -0.347 e. The van der Waals surface area contributed by atoms with Crippen LogP contribution in [-0.2, 0) is 6.42 Å². The molecule has 3 aromatic carbocycles. The van der Waals surface area contributed by atoms with Gasteiger partial charge in [-0.3, -0.25) is 9.69 Å². The molecule has 1 amide bonds. The smallest absolute Gasteiger partial charge is 0.254 e. The van der Waals surface area contributed by atoms with Crippen molar-refractivity contribution in [2.45, 2.75) is 12.5 Å². The summed E-state index contributed by atoms with van der Waals surface area (Å²) in [6.45, 7) is 2.89. The number of nitriles is 1. The minimum atomic E-state index is 0.0773. The van der Waals surface area contributed by atoms with E-state index in [1.165, 1.54) is 5.56 Å². The zero-order valence-electron chi connectivity index (χ0n) is 18.6. The minimum absolute atomic E-state index is 0.0773. The number of rotatable bonds is 5. The van der Waals surface area contributed by atoms with Gasteiger partial charge in [-0.1, -0.05) is 52.3 Å². The number of aromatic amines is 1. The van der Waals surface area contributed by atoms with Crippen molar-refractivity contribution in [2.24, 2.45) is 0 Å². The third-order valence-corrected chi connectivity index (χ3v) is 7.22. The predicted molar refractivity (Wildman–Crippen MR) is 135 cm³/mol. The lowest BCUT2D eigenvalue weighted by Crippen LogP contribution is -2.50. The first-order chi connectivity index (χ1) is 16.6. The van der Waals surface area contributed by atoms with Gasteiger partial charge in [-0.2, -0.15) is 5.26 Å². The Labute approximate surface area is 207 Å². The number of H-pyrrole nitrogens is 1. The van der Waals surface area contributed by atoms with E-state index in [1.807, 2.05) is 71.8 Å². The summed E-state index contributed by atoms with van der Waals surface area (Å²) in [6, 6.07) is 21.9. The molecule has 1 aromatic heterocycles. The molecule has 5 rings (SSSR count). The Bertz CT molecular complexity index is 1340. The van der Waals surface area contributed by atoms with Gasteiger partial charge in [-0.15, -0.1) is 0 Å². The fourth-order valence-corrected chi connectivity index (χ4v) is 5.19. The number of carbonyl (C=O) groups excluding carboxylic acids is 1. The third kappa shape index (κ3) is 4.47. The lowest BCUT2D eigenvalue weighted by Gasteiger charge is -2.39. The average molecular weight is 514 g/mol. The Morgan fingerprint density at radius 1 is 1.03 bits per heavy atom. The summed E-state index contributed by atoms with van der Waals surface area (Å²) in [5, 5.41) is 11.1. The van der Waals surface area contributed by atoms with Gasteiger partial charge < -0.3 is 9.88 Å². The van der Waals surface area contributed by atoms with Crippen LogP contribution in [0, 0.1) is 11.3 Å². The van der Waals surface area contributed by atoms with Gasteiger partial charge in [0.1, 0.15) is 0 Å². The average Bonchev–Trinajstić information content (AvgIpc) is 3.42. The Hall–Kier alpha value is -3.47. The standard InChI is InChI=1S/C27H24BrN5O/c28-24-6-2-3-21-22(24)4-1-5-23(21)27(34)33-13-11-32(12-14-33)26(25-17-30-18-31-25)15-19-7-9-20(16-29)10-8-19/h1-10,17-18,26H,11-15H2,(H,30,31). The quantitative estimate of drug-likeness (QED) is 0.410. The Balaban J connectivity index is 1.32. The molecule has 7 heteroatoms. The van der Waals surface area contributed by atoms with Gasteiger partial charge in [-0.05, 0) is 47.0 Å². The van der Waals surface area contributed by atoms with E-state index in [0.29, 0.717) is 18.7 Å². The molecule has 1 atom stereocenters. The van der Waals surface area contributed by atoms with Crippen molar-refractivity contribution >= 4 is 32.6 Å². The van der Waals surface area contributed by atoms with E-state index in [4.69, 9.17) is 5.26 Å². The highest BCUT2D eigenvalue weighted by atomic mass is 79.9. The molecule has 34 heavy (non-hydrogen) atoms. The number of hydrogen-bond acceptors (Lipinski definition) is 4. The summed E-state index contributed by atoms with van der Waals surface area (Å²) in [4.78, 5) is 25.3. The second-order valence-corrected chi connectivity index (χ2v) is 9.36. The van der Waals surface area contributed by atoms with Crippen LogP contribution in [-0.4, -0.2) is 51.9 Å². The van der Waals surface area contributed by atoms with E-state index in [-0.39, 0.29) is 11.9 Å². The molecular weight excluding hydrogens is 490 g/mol. The van der Waals surface area contributed by atoms with Crippen molar-refractivity contribution in [1.29, 1.82) is 5.26 Å². The van der Waals surface area contributed by atoms with Crippen molar-refractivity contribution < 1.29 is 4.79 Å². The molecule has 0 spiro atoms. The first-order valence-electron chi connectivity index (χ1n) is 11.3. The fourth-order valence-electron chi connectivity index (χ4n) is 4.69. The van der Waals surface area contributed by atoms with Crippen LogP contribution in [0.3, 0.4) is 0 Å². The van der Waals surface area contributed by atoms with Crippen LogP contribution in [0.4, 0.5) is 0 Å². The maximum atomic E-state index is 13.4. The lowest BCUT2D eigenvalue weighted by atomic mass is 10.00. The highest BCUT2D eigenvalue weighted by Crippen LogP contribution is 2.29. The van der Waals surface area contributed by atoms with E-state index in [0.717, 1.165) is 46.0 Å². The normalized spacial score (nSPS) is 15.2. The topological polar surface area (TPSA) is 76.0 Å². The molecular formula is C27H24BrN5O. The molecule has 0 radical (unpaired) electrons. The van der Waals surface area contributed by atoms with Crippen LogP contribution < -0.4 is 0 Å². The molecule has 1 aliphatic heterocycles. The molecule has 1 N–H and O–H groups in total. The van der Waals surface area contributed by atoms with Gasteiger partial charge in [0.05, 0.1) is 29.7 Å². The molecule has 1 fully saturated rings. The maximum absolute atomic E-state index is 13.4. The van der Waals surface area contributed by atoms with Crippen LogP contribution in [0.5, 0.6) is 0 Å². The second kappa shape index (κ2) is 9.80. The van der Waals surface area contributed by atoms with Gasteiger partial charge in [0.2, 0.25) is 0 Å². The van der Waals surface area contributed by atoms with Crippen LogP contribution >= 0.6 is 15.9 Å². The van der Waals surface area contributed by atoms with Crippen molar-refractivity contribution in [1.82, 2.24) is 19.8 Å². The van der Waals surface area contributed by atoms with Crippen LogP contribution in [0.2, 0.25) is 0 Å². The zero-order valence-corrected chi connectivity index (χ0v) is 20.2. The number of hydrogen-bond donors (Lipinski definition) is 1. The van der Waals surface area contributed by atoms with Gasteiger partial charge in [0.25, 0.3) is 5.91 Å². The van der Waals surface area contributed by atoms with Gasteiger partial charge >= 0.3 is 0 Å². The van der Waals surface area contributed by atoms with E-state index in [9.17, 15) is 4.79 Å². The fraction of sp³-hybridized carbons (Fsp3) is 0.222. The number of benzene rings is 3. The first-order valence-corrected chi connectivity index (χ1v) is 12.1. The summed E-state index contributed by atoms with van der Waals surface area (Å²) in [5.41, 5.74) is 3.63. The van der Waals surface area contributed by atoms with Crippen LogP contribution in [0.15, 0.2) is 77.7 Å². The summed E-state index contributed by atoms with van der Waals surface area (Å²) >= 11 is 3.60. The number of aromatic nitrogens is 2. The summed E-state index contributed by atoms with van der Waals surface area (Å²) in [5.74, 6) is 0.0773. The summed E-state index contributed by atoms with van der Waals surface area (Å²) < 4.78 is 0.995. The lowest BCUT2D eigenvalue weighted by molar-refractivity contribution is 0.0564. The number of halogens is 1. The van der Waals surface area contributed by atoms with Crippen molar-refractivity contribution in [3.8, 4) is 6.07 Å². The Morgan fingerprint density at radius 3 is 2.47 bits per heavy atom. The maximum Gasteiger partial charge on any atom is 0.254 e. The molecule has 4 aromatic rings. The van der Waals surface area contributed by atoms with E-state index < -0.39 is 0 Å². The number of amides is 1. The highest BCUT2D eigenvalue weighted by Gasteiger charge is 2.29. The second-order valence-electron chi connectivity index (χ2n) is 8.50. The molecule has 1 saturated heterocycles. The van der Waals surface area contributed by atoms with Gasteiger partial charge in [0.15, 0.2) is 0 Å².